The second-order valence-corrected chi connectivity index (χ2v) is 5.24. The number of rotatable bonds is 0. The van der Waals surface area contributed by atoms with E-state index in [4.69, 9.17) is 17.4 Å². The Morgan fingerprint density at radius 2 is 1.43 bits per heavy atom. The smallest absolute Gasteiger partial charge is 0.121 e. The van der Waals surface area contributed by atoms with E-state index in [0.717, 1.165) is 30.1 Å². The highest BCUT2D eigenvalue weighted by Crippen LogP contribution is 2.26. The SMILES string of the molecule is ClC1=Nc2ccccc2C1.NNC1=Nc2ccccc2C1. The highest BCUT2D eigenvalue weighted by Gasteiger charge is 2.11. The molecule has 2 heterocycles. The number of hydrogen-bond donors (Lipinski definition) is 2. The van der Waals surface area contributed by atoms with Crippen LogP contribution in [0.2, 0.25) is 0 Å². The zero-order valence-electron chi connectivity index (χ0n) is 11.4. The Morgan fingerprint density at radius 3 is 2.00 bits per heavy atom. The van der Waals surface area contributed by atoms with Crippen LogP contribution in [0.15, 0.2) is 58.5 Å². The highest BCUT2D eigenvalue weighted by atomic mass is 35.5. The molecule has 2 aromatic rings. The van der Waals surface area contributed by atoms with Crippen molar-refractivity contribution in [3.8, 4) is 0 Å². The molecule has 21 heavy (non-hydrogen) atoms. The highest BCUT2D eigenvalue weighted by molar-refractivity contribution is 6.66. The van der Waals surface area contributed by atoms with Crippen LogP contribution in [-0.2, 0) is 12.8 Å². The molecule has 0 aliphatic carbocycles. The third kappa shape index (κ3) is 3.12. The van der Waals surface area contributed by atoms with E-state index in [1.54, 1.807) is 0 Å². The maximum Gasteiger partial charge on any atom is 0.121 e. The molecule has 5 heteroatoms. The summed E-state index contributed by atoms with van der Waals surface area (Å²) in [5, 5.41) is 0.696. The molecule has 2 aromatic carbocycles. The summed E-state index contributed by atoms with van der Waals surface area (Å²) in [5.74, 6) is 6.07. The average molecular weight is 299 g/mol. The van der Waals surface area contributed by atoms with Crippen molar-refractivity contribution >= 4 is 34.0 Å². The molecule has 0 fully saturated rings. The average Bonchev–Trinajstić information content (AvgIpc) is 3.09. The summed E-state index contributed by atoms with van der Waals surface area (Å²) in [6.45, 7) is 0. The minimum absolute atomic E-state index is 0.696. The number of para-hydroxylation sites is 2. The first kappa shape index (κ1) is 13.8. The van der Waals surface area contributed by atoms with E-state index in [2.05, 4.69) is 21.5 Å². The lowest BCUT2D eigenvalue weighted by atomic mass is 10.1. The minimum Gasteiger partial charge on any atom is -0.312 e. The van der Waals surface area contributed by atoms with Crippen molar-refractivity contribution in [2.75, 3.05) is 0 Å². The quantitative estimate of drug-likeness (QED) is 0.579. The molecule has 3 N–H and O–H groups in total. The predicted octanol–water partition coefficient (Wildman–Crippen LogP) is 3.25. The Morgan fingerprint density at radius 1 is 0.857 bits per heavy atom. The van der Waals surface area contributed by atoms with Crippen molar-refractivity contribution in [2.45, 2.75) is 12.8 Å². The lowest BCUT2D eigenvalue weighted by Gasteiger charge is -1.94. The van der Waals surface area contributed by atoms with E-state index < -0.39 is 0 Å². The van der Waals surface area contributed by atoms with Crippen LogP contribution in [-0.4, -0.2) is 11.0 Å². The van der Waals surface area contributed by atoms with E-state index in [-0.39, 0.29) is 0 Å². The summed E-state index contributed by atoms with van der Waals surface area (Å²) in [6, 6.07) is 16.0. The van der Waals surface area contributed by atoms with Gasteiger partial charge in [0.1, 0.15) is 11.0 Å². The van der Waals surface area contributed by atoms with Crippen molar-refractivity contribution in [3.05, 3.63) is 59.7 Å². The molecule has 4 nitrogen and oxygen atoms in total. The fraction of sp³-hybridized carbons (Fsp3) is 0.125. The van der Waals surface area contributed by atoms with Gasteiger partial charge in [0.25, 0.3) is 0 Å². The number of benzene rings is 2. The Labute approximate surface area is 128 Å². The monoisotopic (exact) mass is 298 g/mol. The van der Waals surface area contributed by atoms with Crippen LogP contribution >= 0.6 is 11.6 Å². The summed E-state index contributed by atoms with van der Waals surface area (Å²) >= 11 is 5.73. The van der Waals surface area contributed by atoms with Gasteiger partial charge in [0.2, 0.25) is 0 Å². The Hall–Kier alpha value is -2.17. The molecular weight excluding hydrogens is 284 g/mol. The largest absolute Gasteiger partial charge is 0.312 e. The first-order valence-electron chi connectivity index (χ1n) is 6.69. The summed E-state index contributed by atoms with van der Waals surface area (Å²) in [4.78, 5) is 8.38. The molecule has 2 aliphatic heterocycles. The Balaban J connectivity index is 0.000000126. The van der Waals surface area contributed by atoms with Crippen LogP contribution in [0, 0.1) is 0 Å². The van der Waals surface area contributed by atoms with Gasteiger partial charge in [-0.05, 0) is 23.3 Å². The number of fused-ring (bicyclic) bond motifs is 2. The Kier molecular flexibility index (Phi) is 3.99. The standard InChI is InChI=1S/C8H6ClN.C8H9N3/c9-8-5-6-3-1-2-4-7(6)10-8;9-11-8-5-6-3-1-2-4-7(6)10-8/h1-4H,5H2;1-4H,5,9H2,(H,10,11). The molecule has 0 aromatic heterocycles. The molecule has 0 radical (unpaired) electrons. The maximum atomic E-state index is 5.73. The molecule has 0 atom stereocenters. The van der Waals surface area contributed by atoms with Gasteiger partial charge in [-0.3, -0.25) is 0 Å². The first-order chi connectivity index (χ1) is 10.3. The summed E-state index contributed by atoms with van der Waals surface area (Å²) < 4.78 is 0. The van der Waals surface area contributed by atoms with Crippen LogP contribution in [0.4, 0.5) is 11.4 Å². The number of halogens is 1. The third-order valence-corrected chi connectivity index (χ3v) is 3.56. The molecular formula is C16H15ClN4. The van der Waals surface area contributed by atoms with Gasteiger partial charge in [-0.15, -0.1) is 0 Å². The minimum atomic E-state index is 0.696. The lowest BCUT2D eigenvalue weighted by Crippen LogP contribution is -2.29. The van der Waals surface area contributed by atoms with Crippen molar-refractivity contribution < 1.29 is 0 Å². The van der Waals surface area contributed by atoms with E-state index in [9.17, 15) is 0 Å². The van der Waals surface area contributed by atoms with Gasteiger partial charge in [0.05, 0.1) is 11.4 Å². The molecule has 4 rings (SSSR count). The summed E-state index contributed by atoms with van der Waals surface area (Å²) in [6.07, 6.45) is 1.63. The first-order valence-corrected chi connectivity index (χ1v) is 7.07. The van der Waals surface area contributed by atoms with Crippen LogP contribution in [0.25, 0.3) is 0 Å². The number of aliphatic imine (C=N–C) groups is 2. The van der Waals surface area contributed by atoms with E-state index in [1.165, 1.54) is 11.1 Å². The molecule has 0 saturated carbocycles. The zero-order valence-corrected chi connectivity index (χ0v) is 12.1. The molecule has 0 unspecified atom stereocenters. The van der Waals surface area contributed by atoms with Crippen molar-refractivity contribution in [2.24, 2.45) is 15.8 Å². The normalized spacial score (nSPS) is 14.4. The van der Waals surface area contributed by atoms with Crippen molar-refractivity contribution in [1.82, 2.24) is 5.43 Å². The van der Waals surface area contributed by atoms with Crippen LogP contribution in [0.5, 0.6) is 0 Å². The van der Waals surface area contributed by atoms with Gasteiger partial charge in [-0.25, -0.2) is 15.8 Å². The second-order valence-electron chi connectivity index (χ2n) is 4.80. The zero-order chi connectivity index (χ0) is 14.7. The predicted molar refractivity (Wildman–Crippen MR) is 87.7 cm³/mol. The number of amidine groups is 1. The van der Waals surface area contributed by atoms with Gasteiger partial charge in [-0.1, -0.05) is 48.0 Å². The number of nitrogens with one attached hydrogen (secondary N) is 1. The third-order valence-electron chi connectivity index (χ3n) is 3.34. The number of hydrogen-bond acceptors (Lipinski definition) is 4. The van der Waals surface area contributed by atoms with E-state index in [1.807, 2.05) is 42.5 Å². The molecule has 0 spiro atoms. The number of nitrogens with zero attached hydrogens (tertiary/aromatic N) is 2. The molecule has 0 amide bonds. The van der Waals surface area contributed by atoms with Crippen LogP contribution in [0.3, 0.4) is 0 Å². The van der Waals surface area contributed by atoms with Gasteiger partial charge < -0.3 is 5.43 Å². The summed E-state index contributed by atoms with van der Waals surface area (Å²) in [7, 11) is 0. The fourth-order valence-corrected chi connectivity index (χ4v) is 2.55. The van der Waals surface area contributed by atoms with Crippen LogP contribution < -0.4 is 11.3 Å². The van der Waals surface area contributed by atoms with E-state index in [0.29, 0.717) is 5.17 Å². The van der Waals surface area contributed by atoms with Crippen molar-refractivity contribution in [3.63, 3.8) is 0 Å². The lowest BCUT2D eigenvalue weighted by molar-refractivity contribution is 1.00. The van der Waals surface area contributed by atoms with E-state index >= 15 is 0 Å². The van der Waals surface area contributed by atoms with Gasteiger partial charge >= 0.3 is 0 Å². The van der Waals surface area contributed by atoms with Gasteiger partial charge in [0, 0.05) is 12.8 Å². The second kappa shape index (κ2) is 6.08. The molecule has 0 bridgehead atoms. The molecule has 0 saturated heterocycles. The summed E-state index contributed by atoms with van der Waals surface area (Å²) in [5.41, 5.74) is 7.08. The topological polar surface area (TPSA) is 62.8 Å². The van der Waals surface area contributed by atoms with Crippen LogP contribution in [0.1, 0.15) is 11.1 Å². The maximum absolute atomic E-state index is 5.73. The number of hydrazine groups is 1. The van der Waals surface area contributed by atoms with Gasteiger partial charge in [-0.2, -0.15) is 0 Å². The fourth-order valence-electron chi connectivity index (χ4n) is 2.31. The van der Waals surface area contributed by atoms with Crippen molar-refractivity contribution in [1.29, 1.82) is 0 Å². The molecule has 106 valence electrons. The number of nitrogens with two attached hydrogens (primary N) is 1. The van der Waals surface area contributed by atoms with Gasteiger partial charge in [0.15, 0.2) is 0 Å². The Bertz CT molecular complexity index is 722. The molecule has 2 aliphatic rings.